The molecule has 0 atom stereocenters. The van der Waals surface area contributed by atoms with E-state index in [1.54, 1.807) is 18.5 Å². The second-order valence-electron chi connectivity index (χ2n) is 6.67. The molecule has 4 rings (SSSR count). The van der Waals surface area contributed by atoms with E-state index in [9.17, 15) is 0 Å². The summed E-state index contributed by atoms with van der Waals surface area (Å²) < 4.78 is 0. The molecule has 0 aliphatic carbocycles. The molecule has 3 aromatic rings. The minimum atomic E-state index is -0.183. The number of nitrogen functional groups attached to an aromatic ring is 1. The molecule has 126 valence electrons. The summed E-state index contributed by atoms with van der Waals surface area (Å²) in [6.07, 6.45) is 7.98. The van der Waals surface area contributed by atoms with Gasteiger partial charge in [-0.2, -0.15) is 0 Å². The lowest BCUT2D eigenvalue weighted by molar-refractivity contribution is 0.454. The Balaban J connectivity index is 1.69. The fourth-order valence-corrected chi connectivity index (χ4v) is 3.55. The van der Waals surface area contributed by atoms with Gasteiger partial charge in [0.1, 0.15) is 0 Å². The normalized spacial score (nSPS) is 15.7. The van der Waals surface area contributed by atoms with Crippen LogP contribution in [0.15, 0.2) is 49.1 Å². The Morgan fingerprint density at radius 1 is 0.960 bits per heavy atom. The highest BCUT2D eigenvalue weighted by Crippen LogP contribution is 2.39. The van der Waals surface area contributed by atoms with Crippen molar-refractivity contribution < 1.29 is 0 Å². The van der Waals surface area contributed by atoms with Crippen molar-refractivity contribution >= 4 is 11.4 Å². The van der Waals surface area contributed by atoms with Crippen LogP contribution in [-0.2, 0) is 12.0 Å². The second kappa shape index (κ2) is 5.81. The Labute approximate surface area is 146 Å². The zero-order chi connectivity index (χ0) is 17.4. The highest BCUT2D eigenvalue weighted by atomic mass is 15.2. The van der Waals surface area contributed by atoms with Crippen LogP contribution in [0, 0.1) is 0 Å². The van der Waals surface area contributed by atoms with Crippen LogP contribution >= 0.6 is 0 Å². The summed E-state index contributed by atoms with van der Waals surface area (Å²) in [6, 6.07) is 7.93. The van der Waals surface area contributed by atoms with E-state index in [1.165, 1.54) is 11.1 Å². The lowest BCUT2D eigenvalue weighted by Gasteiger charge is -2.45. The van der Waals surface area contributed by atoms with E-state index in [0.717, 1.165) is 24.3 Å². The first-order valence-electron chi connectivity index (χ1n) is 8.32. The molecule has 3 heterocycles. The zero-order valence-electron chi connectivity index (χ0n) is 14.3. The van der Waals surface area contributed by atoms with Gasteiger partial charge in [-0.25, -0.2) is 19.9 Å². The molecule has 0 amide bonds. The topological polar surface area (TPSA) is 80.8 Å². The molecular formula is C19H20N6. The first kappa shape index (κ1) is 15.5. The highest BCUT2D eigenvalue weighted by molar-refractivity contribution is 5.60. The van der Waals surface area contributed by atoms with Crippen LogP contribution in [0.4, 0.5) is 11.4 Å². The van der Waals surface area contributed by atoms with Crippen LogP contribution in [0.5, 0.6) is 0 Å². The maximum atomic E-state index is 6.17. The molecule has 0 radical (unpaired) electrons. The van der Waals surface area contributed by atoms with Gasteiger partial charge in [0, 0.05) is 24.6 Å². The molecule has 1 aromatic carbocycles. The smallest absolute Gasteiger partial charge is 0.197 e. The predicted octanol–water partition coefficient (Wildman–Crippen LogP) is 2.81. The van der Waals surface area contributed by atoms with E-state index in [2.05, 4.69) is 44.7 Å². The Morgan fingerprint density at radius 3 is 2.36 bits per heavy atom. The third-order valence-electron chi connectivity index (χ3n) is 4.85. The third kappa shape index (κ3) is 2.59. The van der Waals surface area contributed by atoms with Crippen LogP contribution in [-0.4, -0.2) is 26.5 Å². The van der Waals surface area contributed by atoms with Gasteiger partial charge in [-0.15, -0.1) is 0 Å². The molecule has 0 saturated carbocycles. The van der Waals surface area contributed by atoms with Crippen molar-refractivity contribution in [1.82, 2.24) is 19.9 Å². The maximum absolute atomic E-state index is 6.17. The molecule has 6 nitrogen and oxygen atoms in total. The number of aromatic nitrogens is 4. The van der Waals surface area contributed by atoms with Crippen LogP contribution in [0.2, 0.25) is 0 Å². The SMILES string of the molecule is CC1(C)c2cccc(N)c2CCN1c1cnc(-c2ncccn2)nc1. The molecule has 0 bridgehead atoms. The maximum Gasteiger partial charge on any atom is 0.197 e. The number of rotatable bonds is 2. The van der Waals surface area contributed by atoms with Gasteiger partial charge in [0.25, 0.3) is 0 Å². The number of hydrogen-bond donors (Lipinski definition) is 1. The minimum Gasteiger partial charge on any atom is -0.398 e. The summed E-state index contributed by atoms with van der Waals surface area (Å²) in [5.41, 5.74) is 10.4. The third-order valence-corrected chi connectivity index (χ3v) is 4.85. The van der Waals surface area contributed by atoms with Gasteiger partial charge in [0.05, 0.1) is 23.6 Å². The van der Waals surface area contributed by atoms with Gasteiger partial charge in [0.15, 0.2) is 11.6 Å². The molecular weight excluding hydrogens is 312 g/mol. The number of hydrogen-bond acceptors (Lipinski definition) is 6. The molecule has 1 aliphatic heterocycles. The fourth-order valence-electron chi connectivity index (χ4n) is 3.55. The van der Waals surface area contributed by atoms with Crippen LogP contribution in [0.1, 0.15) is 25.0 Å². The summed E-state index contributed by atoms with van der Waals surface area (Å²) in [5, 5.41) is 0. The van der Waals surface area contributed by atoms with Gasteiger partial charge >= 0.3 is 0 Å². The average Bonchev–Trinajstić information content (AvgIpc) is 2.63. The number of nitrogens with zero attached hydrogens (tertiary/aromatic N) is 5. The summed E-state index contributed by atoms with van der Waals surface area (Å²) in [6.45, 7) is 5.29. The average molecular weight is 332 g/mol. The first-order chi connectivity index (χ1) is 12.1. The van der Waals surface area contributed by atoms with Gasteiger partial charge in [-0.1, -0.05) is 12.1 Å². The number of nitrogens with two attached hydrogens (primary N) is 1. The fraction of sp³-hybridized carbons (Fsp3) is 0.263. The zero-order valence-corrected chi connectivity index (χ0v) is 14.3. The van der Waals surface area contributed by atoms with Crippen LogP contribution in [0.3, 0.4) is 0 Å². The standard InChI is InChI=1S/C19H20N6/c1-19(2)15-5-3-6-16(20)14(15)7-10-25(19)13-11-23-18(24-12-13)17-21-8-4-9-22-17/h3-6,8-9,11-12H,7,10,20H2,1-2H3. The summed E-state index contributed by atoms with van der Waals surface area (Å²) in [5.74, 6) is 1.06. The molecule has 0 fully saturated rings. The molecule has 0 saturated heterocycles. The summed E-state index contributed by atoms with van der Waals surface area (Å²) in [7, 11) is 0. The van der Waals surface area contributed by atoms with E-state index in [0.29, 0.717) is 11.6 Å². The van der Waals surface area contributed by atoms with Gasteiger partial charge in [0.2, 0.25) is 0 Å². The molecule has 1 aliphatic rings. The van der Waals surface area contributed by atoms with Crippen LogP contribution < -0.4 is 10.6 Å². The molecule has 0 unspecified atom stereocenters. The van der Waals surface area contributed by atoms with Gasteiger partial charge in [-0.3, -0.25) is 0 Å². The monoisotopic (exact) mass is 332 g/mol. The van der Waals surface area contributed by atoms with Crippen molar-refractivity contribution in [3.63, 3.8) is 0 Å². The van der Waals surface area contributed by atoms with Crippen LogP contribution in [0.25, 0.3) is 11.6 Å². The number of fused-ring (bicyclic) bond motifs is 1. The minimum absolute atomic E-state index is 0.183. The van der Waals surface area contributed by atoms with Crippen molar-refractivity contribution in [1.29, 1.82) is 0 Å². The van der Waals surface area contributed by atoms with Crippen molar-refractivity contribution in [2.75, 3.05) is 17.2 Å². The number of benzene rings is 1. The first-order valence-corrected chi connectivity index (χ1v) is 8.32. The molecule has 25 heavy (non-hydrogen) atoms. The quantitative estimate of drug-likeness (QED) is 0.727. The molecule has 2 aromatic heterocycles. The van der Waals surface area contributed by atoms with E-state index >= 15 is 0 Å². The summed E-state index contributed by atoms with van der Waals surface area (Å²) >= 11 is 0. The lowest BCUT2D eigenvalue weighted by Crippen LogP contribution is -2.47. The molecule has 2 N–H and O–H groups in total. The highest BCUT2D eigenvalue weighted by Gasteiger charge is 2.35. The second-order valence-corrected chi connectivity index (χ2v) is 6.67. The van der Waals surface area contributed by atoms with Crippen molar-refractivity contribution in [3.8, 4) is 11.6 Å². The van der Waals surface area contributed by atoms with Crippen molar-refractivity contribution in [2.45, 2.75) is 25.8 Å². The Hall–Kier alpha value is -3.02. The van der Waals surface area contributed by atoms with E-state index in [4.69, 9.17) is 5.73 Å². The van der Waals surface area contributed by atoms with Crippen molar-refractivity contribution in [2.24, 2.45) is 0 Å². The molecule has 6 heteroatoms. The molecule has 0 spiro atoms. The van der Waals surface area contributed by atoms with Crippen molar-refractivity contribution in [3.05, 3.63) is 60.2 Å². The van der Waals surface area contributed by atoms with Gasteiger partial charge < -0.3 is 10.6 Å². The lowest BCUT2D eigenvalue weighted by atomic mass is 9.82. The predicted molar refractivity (Wildman–Crippen MR) is 98.0 cm³/mol. The van der Waals surface area contributed by atoms with E-state index in [1.807, 2.05) is 24.5 Å². The van der Waals surface area contributed by atoms with Gasteiger partial charge in [-0.05, 0) is 43.5 Å². The Kier molecular flexibility index (Phi) is 3.60. The summed E-state index contributed by atoms with van der Waals surface area (Å²) in [4.78, 5) is 19.6. The Morgan fingerprint density at radius 2 is 1.64 bits per heavy atom. The number of anilines is 2. The largest absolute Gasteiger partial charge is 0.398 e. The van der Waals surface area contributed by atoms with E-state index < -0.39 is 0 Å². The Bertz CT molecular complexity index is 890. The van der Waals surface area contributed by atoms with E-state index in [-0.39, 0.29) is 5.54 Å².